The summed E-state index contributed by atoms with van der Waals surface area (Å²) in [4.78, 5) is 14.3. The van der Waals surface area contributed by atoms with E-state index in [9.17, 15) is 4.79 Å². The molecule has 0 spiro atoms. The maximum Gasteiger partial charge on any atom is 0.253 e. The summed E-state index contributed by atoms with van der Waals surface area (Å²) in [5, 5.41) is 5.92. The van der Waals surface area contributed by atoms with E-state index in [4.69, 9.17) is 5.73 Å². The predicted molar refractivity (Wildman–Crippen MR) is 80.5 cm³/mol. The Kier molecular flexibility index (Phi) is 6.15. The zero-order chi connectivity index (χ0) is 14.3. The van der Waals surface area contributed by atoms with Crippen LogP contribution in [-0.2, 0) is 0 Å². The number of amides is 1. The van der Waals surface area contributed by atoms with Crippen LogP contribution in [0.1, 0.15) is 24.2 Å². The molecule has 19 heavy (non-hydrogen) atoms. The fourth-order valence-corrected chi connectivity index (χ4v) is 1.93. The van der Waals surface area contributed by atoms with Crippen LogP contribution in [0.2, 0.25) is 0 Å². The van der Waals surface area contributed by atoms with Gasteiger partial charge in [-0.2, -0.15) is 0 Å². The second-order valence-corrected chi connectivity index (χ2v) is 4.34. The molecule has 0 heterocycles. The van der Waals surface area contributed by atoms with Crippen molar-refractivity contribution in [3.05, 3.63) is 23.8 Å². The van der Waals surface area contributed by atoms with E-state index in [1.807, 2.05) is 0 Å². The minimum Gasteiger partial charge on any atom is -0.399 e. The highest BCUT2D eigenvalue weighted by Gasteiger charge is 2.10. The third kappa shape index (κ3) is 4.44. The summed E-state index contributed by atoms with van der Waals surface area (Å²) in [5.74, 6) is -0.0727. The first-order chi connectivity index (χ1) is 9.12. The van der Waals surface area contributed by atoms with E-state index in [2.05, 4.69) is 29.4 Å². The van der Waals surface area contributed by atoms with Crippen molar-refractivity contribution in [2.75, 3.05) is 44.3 Å². The van der Waals surface area contributed by atoms with Gasteiger partial charge in [0.15, 0.2) is 0 Å². The number of benzene rings is 1. The van der Waals surface area contributed by atoms with E-state index in [0.717, 1.165) is 25.3 Å². The maximum atomic E-state index is 12.1. The van der Waals surface area contributed by atoms with Gasteiger partial charge in [0.2, 0.25) is 0 Å². The molecule has 0 aromatic heterocycles. The van der Waals surface area contributed by atoms with E-state index < -0.39 is 0 Å². The molecule has 0 atom stereocenters. The lowest BCUT2D eigenvalue weighted by Gasteiger charge is -2.18. The predicted octanol–water partition coefficient (Wildman–Crippen LogP) is 1.38. The highest BCUT2D eigenvalue weighted by molar-refractivity contribution is 6.00. The number of rotatable bonds is 7. The van der Waals surface area contributed by atoms with Gasteiger partial charge >= 0.3 is 0 Å². The number of nitrogens with one attached hydrogen (secondary N) is 2. The van der Waals surface area contributed by atoms with Crippen molar-refractivity contribution in [3.8, 4) is 0 Å². The van der Waals surface area contributed by atoms with Gasteiger partial charge in [0.25, 0.3) is 5.91 Å². The molecule has 0 saturated heterocycles. The molecule has 1 rings (SSSR count). The first kappa shape index (κ1) is 15.3. The fraction of sp³-hybridized carbons (Fsp3) is 0.500. The molecule has 5 heteroatoms. The first-order valence-corrected chi connectivity index (χ1v) is 6.70. The Bertz CT molecular complexity index is 416. The summed E-state index contributed by atoms with van der Waals surface area (Å²) in [5.41, 5.74) is 7.72. The van der Waals surface area contributed by atoms with Crippen molar-refractivity contribution >= 4 is 17.3 Å². The van der Waals surface area contributed by atoms with E-state index in [1.54, 1.807) is 25.2 Å². The molecular weight excluding hydrogens is 240 g/mol. The molecule has 1 aromatic carbocycles. The normalized spacial score (nSPS) is 10.5. The van der Waals surface area contributed by atoms with Gasteiger partial charge in [-0.3, -0.25) is 4.79 Å². The lowest BCUT2D eigenvalue weighted by atomic mass is 10.1. The van der Waals surface area contributed by atoms with Crippen LogP contribution in [0.15, 0.2) is 18.2 Å². The second-order valence-electron chi connectivity index (χ2n) is 4.34. The van der Waals surface area contributed by atoms with Gasteiger partial charge in [0.05, 0.1) is 5.56 Å². The molecule has 106 valence electrons. The topological polar surface area (TPSA) is 70.4 Å². The van der Waals surface area contributed by atoms with Crippen molar-refractivity contribution in [1.82, 2.24) is 10.2 Å². The molecule has 0 saturated carbocycles. The quantitative estimate of drug-likeness (QED) is 0.651. The summed E-state index contributed by atoms with van der Waals surface area (Å²) in [6.07, 6.45) is 0. The van der Waals surface area contributed by atoms with Crippen LogP contribution in [0.25, 0.3) is 0 Å². The number of nitrogens with zero attached hydrogens (tertiary/aromatic N) is 1. The van der Waals surface area contributed by atoms with Crippen LogP contribution in [0, 0.1) is 0 Å². The van der Waals surface area contributed by atoms with Crippen molar-refractivity contribution in [3.63, 3.8) is 0 Å². The van der Waals surface area contributed by atoms with Gasteiger partial charge in [0, 0.05) is 31.5 Å². The van der Waals surface area contributed by atoms with Crippen molar-refractivity contribution < 1.29 is 4.79 Å². The molecule has 0 radical (unpaired) electrons. The highest BCUT2D eigenvalue weighted by Crippen LogP contribution is 2.18. The van der Waals surface area contributed by atoms with Crippen molar-refractivity contribution in [1.29, 1.82) is 0 Å². The average Bonchev–Trinajstić information content (AvgIpc) is 2.43. The molecule has 0 aliphatic heterocycles. The standard InChI is InChI=1S/C14H24N4O/c1-4-18(5-2)9-8-17-14(19)12-7-6-11(15)10-13(12)16-3/h6-7,10,16H,4-5,8-9,15H2,1-3H3,(H,17,19). The molecule has 4 N–H and O–H groups in total. The number of likely N-dealkylation sites (N-methyl/N-ethyl adjacent to an activating group) is 1. The van der Waals surface area contributed by atoms with Crippen LogP contribution in [0.3, 0.4) is 0 Å². The number of hydrogen-bond donors (Lipinski definition) is 3. The van der Waals surface area contributed by atoms with Gasteiger partial charge in [-0.1, -0.05) is 13.8 Å². The monoisotopic (exact) mass is 264 g/mol. The van der Waals surface area contributed by atoms with Gasteiger partial charge in [-0.25, -0.2) is 0 Å². The van der Waals surface area contributed by atoms with Gasteiger partial charge < -0.3 is 21.3 Å². The molecule has 0 aliphatic carbocycles. The van der Waals surface area contributed by atoms with Crippen molar-refractivity contribution in [2.24, 2.45) is 0 Å². The summed E-state index contributed by atoms with van der Waals surface area (Å²) in [6, 6.07) is 5.24. The Morgan fingerprint density at radius 2 is 2.00 bits per heavy atom. The lowest BCUT2D eigenvalue weighted by Crippen LogP contribution is -2.35. The number of nitrogen functional groups attached to an aromatic ring is 1. The lowest BCUT2D eigenvalue weighted by molar-refractivity contribution is 0.0949. The number of nitrogens with two attached hydrogens (primary N) is 1. The molecule has 1 amide bonds. The average molecular weight is 264 g/mol. The van der Waals surface area contributed by atoms with Crippen LogP contribution in [0.5, 0.6) is 0 Å². The molecule has 5 nitrogen and oxygen atoms in total. The number of anilines is 2. The van der Waals surface area contributed by atoms with Gasteiger partial charge in [0.1, 0.15) is 0 Å². The van der Waals surface area contributed by atoms with Crippen LogP contribution < -0.4 is 16.4 Å². The molecule has 0 aliphatic rings. The third-order valence-electron chi connectivity index (χ3n) is 3.17. The van der Waals surface area contributed by atoms with E-state index in [1.165, 1.54) is 0 Å². The van der Waals surface area contributed by atoms with Crippen LogP contribution >= 0.6 is 0 Å². The van der Waals surface area contributed by atoms with E-state index in [0.29, 0.717) is 17.8 Å². The molecule has 1 aromatic rings. The Morgan fingerprint density at radius 3 is 2.58 bits per heavy atom. The summed E-state index contributed by atoms with van der Waals surface area (Å²) >= 11 is 0. The second kappa shape index (κ2) is 7.63. The summed E-state index contributed by atoms with van der Waals surface area (Å²) in [7, 11) is 1.78. The van der Waals surface area contributed by atoms with Crippen LogP contribution in [-0.4, -0.2) is 44.0 Å². The first-order valence-electron chi connectivity index (χ1n) is 6.70. The van der Waals surface area contributed by atoms with Gasteiger partial charge in [-0.15, -0.1) is 0 Å². The smallest absolute Gasteiger partial charge is 0.253 e. The number of carbonyl (C=O) groups is 1. The maximum absolute atomic E-state index is 12.1. The Morgan fingerprint density at radius 1 is 1.32 bits per heavy atom. The summed E-state index contributed by atoms with van der Waals surface area (Å²) < 4.78 is 0. The van der Waals surface area contributed by atoms with Gasteiger partial charge in [-0.05, 0) is 31.3 Å². The molecule has 0 fully saturated rings. The number of hydrogen-bond acceptors (Lipinski definition) is 4. The minimum absolute atomic E-state index is 0.0727. The Balaban J connectivity index is 2.58. The zero-order valence-electron chi connectivity index (χ0n) is 12.0. The van der Waals surface area contributed by atoms with E-state index >= 15 is 0 Å². The summed E-state index contributed by atoms with van der Waals surface area (Å²) in [6.45, 7) is 7.73. The Labute approximate surface area is 115 Å². The van der Waals surface area contributed by atoms with Crippen molar-refractivity contribution in [2.45, 2.75) is 13.8 Å². The molecule has 0 unspecified atom stereocenters. The Hall–Kier alpha value is -1.75. The highest BCUT2D eigenvalue weighted by atomic mass is 16.1. The fourth-order valence-electron chi connectivity index (χ4n) is 1.93. The SMILES string of the molecule is CCN(CC)CCNC(=O)c1ccc(N)cc1NC. The molecular formula is C14H24N4O. The largest absolute Gasteiger partial charge is 0.399 e. The van der Waals surface area contributed by atoms with Crippen LogP contribution in [0.4, 0.5) is 11.4 Å². The zero-order valence-corrected chi connectivity index (χ0v) is 12.0. The minimum atomic E-state index is -0.0727. The molecule has 0 bridgehead atoms. The van der Waals surface area contributed by atoms with E-state index in [-0.39, 0.29) is 5.91 Å². The third-order valence-corrected chi connectivity index (χ3v) is 3.17. The number of carbonyl (C=O) groups excluding carboxylic acids is 1.